The van der Waals surface area contributed by atoms with Crippen molar-refractivity contribution >= 4 is 52.1 Å². The van der Waals surface area contributed by atoms with E-state index < -0.39 is 17.1 Å². The highest BCUT2D eigenvalue weighted by Gasteiger charge is 2.36. The van der Waals surface area contributed by atoms with Gasteiger partial charge in [-0.3, -0.25) is 24.6 Å². The van der Waals surface area contributed by atoms with E-state index >= 15 is 0 Å². The van der Waals surface area contributed by atoms with Gasteiger partial charge in [-0.05, 0) is 36.2 Å². The summed E-state index contributed by atoms with van der Waals surface area (Å²) in [5.74, 6) is -0.827. The molecule has 1 N–H and O–H groups in total. The van der Waals surface area contributed by atoms with Gasteiger partial charge in [-0.1, -0.05) is 11.2 Å². The van der Waals surface area contributed by atoms with E-state index in [2.05, 4.69) is 10.5 Å². The lowest BCUT2D eigenvalue weighted by Crippen LogP contribution is -2.36. The number of aryl methyl sites for hydroxylation is 1. The van der Waals surface area contributed by atoms with E-state index in [0.717, 1.165) is 21.5 Å². The van der Waals surface area contributed by atoms with Crippen molar-refractivity contribution in [2.24, 2.45) is 0 Å². The Morgan fingerprint density at radius 1 is 1.48 bits per heavy atom. The lowest BCUT2D eigenvalue weighted by atomic mass is 10.3. The van der Waals surface area contributed by atoms with Crippen LogP contribution in [0.15, 0.2) is 33.0 Å². The normalized spacial score (nSPS) is 16.4. The number of nitrogens with zero attached hydrogens (tertiary/aromatic N) is 2. The largest absolute Gasteiger partial charge is 0.338 e. The van der Waals surface area contributed by atoms with Crippen LogP contribution in [0, 0.1) is 6.92 Å². The molecule has 23 heavy (non-hydrogen) atoms. The van der Waals surface area contributed by atoms with Crippen LogP contribution in [0.25, 0.3) is 6.08 Å². The topological polar surface area (TPSA) is 92.5 Å². The first-order chi connectivity index (χ1) is 11.0. The molecule has 0 radical (unpaired) electrons. The molecule has 3 amide bonds. The Bertz CT molecular complexity index is 795. The number of rotatable bonds is 4. The molecule has 3 rings (SSSR count). The number of carbonyl (C=O) groups is 3. The molecule has 9 heteroatoms. The van der Waals surface area contributed by atoms with Crippen LogP contribution >= 0.6 is 23.1 Å². The average Bonchev–Trinajstić information content (AvgIpc) is 3.19. The fraction of sp³-hybridized carbons (Fsp3) is 0.143. The van der Waals surface area contributed by atoms with E-state index in [-0.39, 0.29) is 12.4 Å². The summed E-state index contributed by atoms with van der Waals surface area (Å²) in [6, 6.07) is 5.24. The zero-order chi connectivity index (χ0) is 16.4. The first-order valence-electron chi connectivity index (χ1n) is 6.55. The van der Waals surface area contributed by atoms with Crippen molar-refractivity contribution in [2.75, 3.05) is 11.9 Å². The number of imide groups is 1. The Kier molecular flexibility index (Phi) is 4.30. The maximum absolute atomic E-state index is 12.2. The summed E-state index contributed by atoms with van der Waals surface area (Å²) in [4.78, 5) is 38.2. The molecule has 2 aromatic rings. The standard InChI is InChI=1S/C14H11N3O4S2/c1-8-5-12(21-16-8)15-11(18)7-17-13(19)10(23-14(17)20)6-9-3-2-4-22-9/h2-6H,7H2,1H3,(H,15,18)/b10-6-. The number of thiophene rings is 1. The van der Waals surface area contributed by atoms with E-state index in [9.17, 15) is 14.4 Å². The maximum atomic E-state index is 12.2. The monoisotopic (exact) mass is 349 g/mol. The Balaban J connectivity index is 1.67. The third kappa shape index (κ3) is 3.51. The lowest BCUT2D eigenvalue weighted by molar-refractivity contribution is -0.127. The quantitative estimate of drug-likeness (QED) is 0.853. The van der Waals surface area contributed by atoms with Gasteiger partial charge in [-0.25, -0.2) is 0 Å². The second-order valence-electron chi connectivity index (χ2n) is 4.66. The molecule has 0 bridgehead atoms. The molecule has 1 saturated heterocycles. The van der Waals surface area contributed by atoms with E-state index in [1.54, 1.807) is 19.1 Å². The van der Waals surface area contributed by atoms with Crippen molar-refractivity contribution in [1.29, 1.82) is 0 Å². The second-order valence-corrected chi connectivity index (χ2v) is 6.64. The van der Waals surface area contributed by atoms with E-state index in [1.807, 2.05) is 17.5 Å². The van der Waals surface area contributed by atoms with Gasteiger partial charge < -0.3 is 4.52 Å². The SMILES string of the molecule is Cc1cc(NC(=O)CN2C(=O)S/C(=C\c3cccs3)C2=O)on1. The zero-order valence-electron chi connectivity index (χ0n) is 11.9. The van der Waals surface area contributed by atoms with Crippen molar-refractivity contribution in [1.82, 2.24) is 10.1 Å². The Labute approximate surface area is 139 Å². The molecule has 0 spiro atoms. The molecular weight excluding hydrogens is 338 g/mol. The Hall–Kier alpha value is -2.39. The van der Waals surface area contributed by atoms with Crippen LogP contribution in [0.5, 0.6) is 0 Å². The lowest BCUT2D eigenvalue weighted by Gasteiger charge is -2.10. The summed E-state index contributed by atoms with van der Waals surface area (Å²) in [7, 11) is 0. The van der Waals surface area contributed by atoms with E-state index in [1.165, 1.54) is 11.3 Å². The van der Waals surface area contributed by atoms with E-state index in [0.29, 0.717) is 10.6 Å². The molecule has 0 saturated carbocycles. The molecule has 1 fully saturated rings. The highest BCUT2D eigenvalue weighted by molar-refractivity contribution is 8.18. The van der Waals surface area contributed by atoms with Crippen molar-refractivity contribution < 1.29 is 18.9 Å². The number of anilines is 1. The van der Waals surface area contributed by atoms with Crippen LogP contribution in [0.2, 0.25) is 0 Å². The highest BCUT2D eigenvalue weighted by Crippen LogP contribution is 2.32. The Morgan fingerprint density at radius 3 is 2.96 bits per heavy atom. The van der Waals surface area contributed by atoms with Gasteiger partial charge in [-0.15, -0.1) is 11.3 Å². The predicted octanol–water partition coefficient (Wildman–Crippen LogP) is 2.72. The molecule has 118 valence electrons. The maximum Gasteiger partial charge on any atom is 0.294 e. The second kappa shape index (κ2) is 6.39. The first kappa shape index (κ1) is 15.5. The van der Waals surface area contributed by atoms with Crippen molar-refractivity contribution in [3.8, 4) is 0 Å². The molecule has 3 heterocycles. The minimum Gasteiger partial charge on any atom is -0.338 e. The van der Waals surface area contributed by atoms with Crippen LogP contribution < -0.4 is 5.32 Å². The summed E-state index contributed by atoms with van der Waals surface area (Å²) in [5, 5.41) is 7.49. The molecule has 7 nitrogen and oxygen atoms in total. The van der Waals surface area contributed by atoms with Crippen LogP contribution in [-0.2, 0) is 9.59 Å². The van der Waals surface area contributed by atoms with Gasteiger partial charge >= 0.3 is 0 Å². The van der Waals surface area contributed by atoms with Gasteiger partial charge in [0.2, 0.25) is 11.8 Å². The fourth-order valence-electron chi connectivity index (χ4n) is 1.88. The number of nitrogens with one attached hydrogen (secondary N) is 1. The molecule has 0 aromatic carbocycles. The van der Waals surface area contributed by atoms with Gasteiger partial charge in [-0.2, -0.15) is 0 Å². The highest BCUT2D eigenvalue weighted by atomic mass is 32.2. The van der Waals surface area contributed by atoms with Gasteiger partial charge in [0, 0.05) is 10.9 Å². The molecule has 1 aliphatic heterocycles. The molecule has 2 aromatic heterocycles. The smallest absolute Gasteiger partial charge is 0.294 e. The minimum absolute atomic E-state index is 0.175. The summed E-state index contributed by atoms with van der Waals surface area (Å²) in [6.07, 6.45) is 1.65. The van der Waals surface area contributed by atoms with Crippen molar-refractivity contribution in [3.05, 3.63) is 39.1 Å². The third-order valence-electron chi connectivity index (χ3n) is 2.88. The summed E-state index contributed by atoms with van der Waals surface area (Å²) < 4.78 is 4.86. The van der Waals surface area contributed by atoms with Crippen LogP contribution in [-0.4, -0.2) is 33.7 Å². The number of carbonyl (C=O) groups excluding carboxylic acids is 3. The van der Waals surface area contributed by atoms with E-state index in [4.69, 9.17) is 4.52 Å². The van der Waals surface area contributed by atoms with Crippen molar-refractivity contribution in [2.45, 2.75) is 6.92 Å². The predicted molar refractivity (Wildman–Crippen MR) is 86.9 cm³/mol. The molecule has 0 unspecified atom stereocenters. The average molecular weight is 349 g/mol. The zero-order valence-corrected chi connectivity index (χ0v) is 13.6. The summed E-state index contributed by atoms with van der Waals surface area (Å²) in [6.45, 7) is 1.34. The molecule has 0 atom stereocenters. The molecular formula is C14H11N3O4S2. The number of hydrogen-bond acceptors (Lipinski definition) is 7. The number of thioether (sulfide) groups is 1. The van der Waals surface area contributed by atoms with Gasteiger partial charge in [0.05, 0.1) is 10.6 Å². The first-order valence-corrected chi connectivity index (χ1v) is 8.24. The van der Waals surface area contributed by atoms with Crippen molar-refractivity contribution in [3.63, 3.8) is 0 Å². The molecule has 0 aliphatic carbocycles. The van der Waals surface area contributed by atoms with Crippen LogP contribution in [0.1, 0.15) is 10.6 Å². The van der Waals surface area contributed by atoms with Gasteiger partial charge in [0.15, 0.2) is 0 Å². The van der Waals surface area contributed by atoms with Crippen LogP contribution in [0.3, 0.4) is 0 Å². The number of aromatic nitrogens is 1. The van der Waals surface area contributed by atoms with Gasteiger partial charge in [0.1, 0.15) is 6.54 Å². The van der Waals surface area contributed by atoms with Crippen LogP contribution in [0.4, 0.5) is 10.7 Å². The van der Waals surface area contributed by atoms with Gasteiger partial charge in [0.25, 0.3) is 11.1 Å². The summed E-state index contributed by atoms with van der Waals surface area (Å²) >= 11 is 2.28. The molecule has 1 aliphatic rings. The fourth-order valence-corrected chi connectivity index (χ4v) is 3.44. The number of amides is 3. The summed E-state index contributed by atoms with van der Waals surface area (Å²) in [5.41, 5.74) is 0.616. The Morgan fingerprint density at radius 2 is 2.30 bits per heavy atom. The number of hydrogen-bond donors (Lipinski definition) is 1. The third-order valence-corrected chi connectivity index (χ3v) is 4.61. The minimum atomic E-state index is -0.527.